The molecule has 1 N–H and O–H groups in total. The van der Waals surface area contributed by atoms with E-state index in [-0.39, 0.29) is 11.8 Å². The molecule has 0 heterocycles. The SMILES string of the molecule is C[C@@H](C(=O)OCCCNCl)c1cccc(C(=O)c2ccccc2)c1. The normalized spacial score (nSPS) is 11.8. The average Bonchev–Trinajstić information content (AvgIpc) is 2.64. The lowest BCUT2D eigenvalue weighted by atomic mass is 9.96. The van der Waals surface area contributed by atoms with Crippen LogP contribution in [0.15, 0.2) is 54.6 Å². The second-order valence-corrected chi connectivity index (χ2v) is 5.71. The number of rotatable bonds is 8. The molecule has 0 aliphatic heterocycles. The maximum atomic E-state index is 12.5. The van der Waals surface area contributed by atoms with Crippen molar-refractivity contribution in [2.45, 2.75) is 19.3 Å². The number of halogens is 1. The van der Waals surface area contributed by atoms with Gasteiger partial charge in [-0.1, -0.05) is 48.5 Å². The first-order chi connectivity index (χ1) is 11.6. The van der Waals surface area contributed by atoms with E-state index < -0.39 is 5.92 Å². The smallest absolute Gasteiger partial charge is 0.313 e. The Labute approximate surface area is 146 Å². The van der Waals surface area contributed by atoms with Gasteiger partial charge in [0.2, 0.25) is 0 Å². The Hall–Kier alpha value is -2.17. The highest BCUT2D eigenvalue weighted by Gasteiger charge is 2.18. The van der Waals surface area contributed by atoms with E-state index in [0.29, 0.717) is 30.7 Å². The predicted molar refractivity (Wildman–Crippen MR) is 94.2 cm³/mol. The first-order valence-electron chi connectivity index (χ1n) is 7.83. The maximum absolute atomic E-state index is 12.5. The van der Waals surface area contributed by atoms with Crippen LogP contribution < -0.4 is 4.84 Å². The van der Waals surface area contributed by atoms with Crippen molar-refractivity contribution in [1.82, 2.24) is 4.84 Å². The van der Waals surface area contributed by atoms with E-state index in [1.54, 1.807) is 37.3 Å². The molecule has 0 unspecified atom stereocenters. The molecule has 0 saturated heterocycles. The summed E-state index contributed by atoms with van der Waals surface area (Å²) in [6.07, 6.45) is 0.647. The summed E-state index contributed by atoms with van der Waals surface area (Å²) in [5, 5.41) is 0. The van der Waals surface area contributed by atoms with Gasteiger partial charge in [0, 0.05) is 17.7 Å². The monoisotopic (exact) mass is 345 g/mol. The van der Waals surface area contributed by atoms with Crippen LogP contribution in [0.1, 0.15) is 40.7 Å². The largest absolute Gasteiger partial charge is 0.465 e. The Balaban J connectivity index is 2.06. The summed E-state index contributed by atoms with van der Waals surface area (Å²) < 4.78 is 5.22. The van der Waals surface area contributed by atoms with Crippen LogP contribution in [0.25, 0.3) is 0 Å². The third-order valence-electron chi connectivity index (χ3n) is 3.70. The molecule has 1 atom stereocenters. The molecule has 0 amide bonds. The molecule has 2 aromatic rings. The fraction of sp³-hybridized carbons (Fsp3) is 0.263. The van der Waals surface area contributed by atoms with Gasteiger partial charge in [0.05, 0.1) is 12.5 Å². The minimum atomic E-state index is -0.433. The Kier molecular flexibility index (Phi) is 6.97. The van der Waals surface area contributed by atoms with Crippen LogP contribution in [-0.2, 0) is 9.53 Å². The summed E-state index contributed by atoms with van der Waals surface area (Å²) in [6.45, 7) is 2.66. The second kappa shape index (κ2) is 9.21. The number of esters is 1. The standard InChI is InChI=1S/C19H20ClNO3/c1-14(19(23)24-12-6-11-21-20)16-9-5-10-17(13-16)18(22)15-7-3-2-4-8-15/h2-5,7-10,13-14,21H,6,11-12H2,1H3/t14-/m1/s1. The van der Waals surface area contributed by atoms with Gasteiger partial charge in [-0.25, -0.2) is 4.84 Å². The predicted octanol–water partition coefficient (Wildman–Crippen LogP) is 3.70. The van der Waals surface area contributed by atoms with Gasteiger partial charge in [0.15, 0.2) is 5.78 Å². The number of ether oxygens (including phenoxy) is 1. The van der Waals surface area contributed by atoms with Crippen LogP contribution in [0.5, 0.6) is 0 Å². The number of nitrogens with one attached hydrogen (secondary N) is 1. The zero-order valence-corrected chi connectivity index (χ0v) is 14.3. The van der Waals surface area contributed by atoms with Gasteiger partial charge >= 0.3 is 5.97 Å². The molecule has 5 heteroatoms. The lowest BCUT2D eigenvalue weighted by molar-refractivity contribution is -0.145. The highest BCUT2D eigenvalue weighted by atomic mass is 35.5. The van der Waals surface area contributed by atoms with Crippen LogP contribution in [-0.4, -0.2) is 24.9 Å². The summed E-state index contributed by atoms with van der Waals surface area (Å²) in [7, 11) is 0. The molecular formula is C19H20ClNO3. The van der Waals surface area contributed by atoms with E-state index in [1.807, 2.05) is 24.3 Å². The van der Waals surface area contributed by atoms with Gasteiger partial charge in [-0.15, -0.1) is 0 Å². The molecule has 0 aliphatic rings. The van der Waals surface area contributed by atoms with E-state index in [2.05, 4.69) is 4.84 Å². The molecule has 0 bridgehead atoms. The Morgan fingerprint density at radius 2 is 1.79 bits per heavy atom. The number of carbonyl (C=O) groups is 2. The third-order valence-corrected chi connectivity index (χ3v) is 3.89. The van der Waals surface area contributed by atoms with Crippen molar-refractivity contribution in [2.24, 2.45) is 0 Å². The molecular weight excluding hydrogens is 326 g/mol. The minimum absolute atomic E-state index is 0.0637. The molecule has 0 fully saturated rings. The molecule has 0 spiro atoms. The van der Waals surface area contributed by atoms with Crippen LogP contribution in [0, 0.1) is 0 Å². The number of hydrogen-bond acceptors (Lipinski definition) is 4. The molecule has 2 aromatic carbocycles. The van der Waals surface area contributed by atoms with Crippen LogP contribution in [0.3, 0.4) is 0 Å². The van der Waals surface area contributed by atoms with Crippen molar-refractivity contribution in [2.75, 3.05) is 13.2 Å². The number of carbonyl (C=O) groups excluding carboxylic acids is 2. The zero-order valence-electron chi connectivity index (χ0n) is 13.5. The van der Waals surface area contributed by atoms with E-state index in [1.165, 1.54) is 0 Å². The lowest BCUT2D eigenvalue weighted by Gasteiger charge is -2.13. The van der Waals surface area contributed by atoms with Gasteiger partial charge < -0.3 is 4.74 Å². The fourth-order valence-corrected chi connectivity index (χ4v) is 2.41. The second-order valence-electron chi connectivity index (χ2n) is 5.45. The highest BCUT2D eigenvalue weighted by Crippen LogP contribution is 2.20. The Morgan fingerprint density at radius 1 is 1.08 bits per heavy atom. The van der Waals surface area contributed by atoms with Crippen molar-refractivity contribution >= 4 is 23.5 Å². The highest BCUT2D eigenvalue weighted by molar-refractivity contribution is 6.13. The van der Waals surface area contributed by atoms with Gasteiger partial charge in [0.1, 0.15) is 0 Å². The molecule has 126 valence electrons. The van der Waals surface area contributed by atoms with Crippen LogP contribution in [0.2, 0.25) is 0 Å². The third kappa shape index (κ3) is 4.91. The number of hydrogen-bond donors (Lipinski definition) is 1. The van der Waals surface area contributed by atoms with Crippen LogP contribution in [0.4, 0.5) is 0 Å². The number of benzene rings is 2. The van der Waals surface area contributed by atoms with Gasteiger partial charge in [-0.2, -0.15) is 0 Å². The van der Waals surface area contributed by atoms with Crippen molar-refractivity contribution in [3.8, 4) is 0 Å². The molecule has 24 heavy (non-hydrogen) atoms. The topological polar surface area (TPSA) is 55.4 Å². The Bertz CT molecular complexity index is 688. The first-order valence-corrected chi connectivity index (χ1v) is 8.21. The van der Waals surface area contributed by atoms with Gasteiger partial charge in [-0.3, -0.25) is 9.59 Å². The lowest BCUT2D eigenvalue weighted by Crippen LogP contribution is -2.16. The molecule has 0 radical (unpaired) electrons. The summed E-state index contributed by atoms with van der Waals surface area (Å²) in [5.74, 6) is -0.808. The summed E-state index contributed by atoms with van der Waals surface area (Å²) in [6, 6.07) is 16.2. The van der Waals surface area contributed by atoms with Gasteiger partial charge in [0.25, 0.3) is 0 Å². The zero-order chi connectivity index (χ0) is 17.4. The summed E-state index contributed by atoms with van der Waals surface area (Å²) in [4.78, 5) is 27.1. The van der Waals surface area contributed by atoms with Crippen molar-refractivity contribution in [3.05, 3.63) is 71.3 Å². The molecule has 0 saturated carbocycles. The first kappa shape index (κ1) is 18.2. The molecule has 0 aliphatic carbocycles. The van der Waals surface area contributed by atoms with Crippen LogP contribution >= 0.6 is 11.8 Å². The fourth-order valence-electron chi connectivity index (χ4n) is 2.28. The van der Waals surface area contributed by atoms with E-state index in [0.717, 1.165) is 5.56 Å². The maximum Gasteiger partial charge on any atom is 0.313 e. The average molecular weight is 346 g/mol. The van der Waals surface area contributed by atoms with Crippen molar-refractivity contribution < 1.29 is 14.3 Å². The number of ketones is 1. The summed E-state index contributed by atoms with van der Waals surface area (Å²) in [5.41, 5.74) is 1.94. The quantitative estimate of drug-likeness (QED) is 0.343. The molecule has 2 rings (SSSR count). The van der Waals surface area contributed by atoms with E-state index in [4.69, 9.17) is 16.5 Å². The Morgan fingerprint density at radius 3 is 2.50 bits per heavy atom. The van der Waals surface area contributed by atoms with Crippen molar-refractivity contribution in [3.63, 3.8) is 0 Å². The molecule has 4 nitrogen and oxygen atoms in total. The van der Waals surface area contributed by atoms with Crippen molar-refractivity contribution in [1.29, 1.82) is 0 Å². The minimum Gasteiger partial charge on any atom is -0.465 e. The van der Waals surface area contributed by atoms with Gasteiger partial charge in [-0.05, 0) is 36.8 Å². The molecule has 0 aromatic heterocycles. The van der Waals surface area contributed by atoms with E-state index >= 15 is 0 Å². The van der Waals surface area contributed by atoms with E-state index in [9.17, 15) is 9.59 Å². The summed E-state index contributed by atoms with van der Waals surface area (Å²) >= 11 is 5.35.